The monoisotopic (exact) mass is 266 g/mol. The van der Waals surface area contributed by atoms with Gasteiger partial charge in [0, 0.05) is 32.9 Å². The number of nitrogens with two attached hydrogens (primary N) is 1. The molecular formula is C15H30N4. The number of allylic oxidation sites excluding steroid dienone is 1. The Hall–Kier alpha value is -1.16. The topological polar surface area (TPSA) is 44.5 Å². The van der Waals surface area contributed by atoms with Crippen LogP contribution in [-0.4, -0.2) is 50.6 Å². The van der Waals surface area contributed by atoms with Gasteiger partial charge in [0.1, 0.15) is 0 Å². The van der Waals surface area contributed by atoms with Crippen LogP contribution >= 0.6 is 0 Å². The van der Waals surface area contributed by atoms with Crippen molar-refractivity contribution < 1.29 is 0 Å². The molecule has 0 amide bonds. The van der Waals surface area contributed by atoms with E-state index >= 15 is 0 Å². The molecule has 0 aromatic carbocycles. The molecular weight excluding hydrogens is 236 g/mol. The fourth-order valence-electron chi connectivity index (χ4n) is 2.73. The molecule has 0 bridgehead atoms. The number of rotatable bonds is 6. The molecule has 1 rings (SSSR count). The largest absolute Gasteiger partial charge is 0.396 e. The zero-order valence-electron chi connectivity index (χ0n) is 12.9. The minimum absolute atomic E-state index is 0.823. The molecule has 4 heteroatoms. The number of likely N-dealkylation sites (tertiary alicyclic amines) is 1. The van der Waals surface area contributed by atoms with E-state index in [2.05, 4.69) is 42.2 Å². The molecule has 0 aromatic heterocycles. The minimum Gasteiger partial charge on any atom is -0.396 e. The lowest BCUT2D eigenvalue weighted by Crippen LogP contribution is -2.38. The Morgan fingerprint density at radius 1 is 1.37 bits per heavy atom. The molecule has 1 aliphatic rings. The lowest BCUT2D eigenvalue weighted by Gasteiger charge is -2.36. The maximum atomic E-state index is 6.14. The van der Waals surface area contributed by atoms with Crippen LogP contribution in [0.25, 0.3) is 0 Å². The van der Waals surface area contributed by atoms with Crippen molar-refractivity contribution in [3.05, 3.63) is 23.7 Å². The van der Waals surface area contributed by atoms with Gasteiger partial charge in [-0.2, -0.15) is 0 Å². The van der Waals surface area contributed by atoms with Crippen LogP contribution in [-0.2, 0) is 0 Å². The van der Waals surface area contributed by atoms with E-state index in [4.69, 9.17) is 5.73 Å². The molecule has 3 N–H and O–H groups in total. The fraction of sp³-hybridized carbons (Fsp3) is 0.733. The first-order valence-corrected chi connectivity index (χ1v) is 7.31. The van der Waals surface area contributed by atoms with Gasteiger partial charge in [0.05, 0.1) is 11.4 Å². The first kappa shape index (κ1) is 15.9. The summed E-state index contributed by atoms with van der Waals surface area (Å²) in [5.41, 5.74) is 8.18. The highest BCUT2D eigenvalue weighted by Crippen LogP contribution is 2.23. The normalized spacial score (nSPS) is 19.1. The third kappa shape index (κ3) is 5.15. The molecule has 1 aliphatic heterocycles. The predicted octanol–water partition coefficient (Wildman–Crippen LogP) is 1.57. The number of hydrogen-bond donors (Lipinski definition) is 2. The standard InChI is InChI=1S/C15H30N4/c1-5-6-15(14(16)11-17-2)19-9-7-13(8-10-19)12-18(3)4/h6,11,13,17H,5,7-10,12,16H2,1-4H3/b14-11+,15-6+. The van der Waals surface area contributed by atoms with Gasteiger partial charge in [-0.05, 0) is 39.3 Å². The summed E-state index contributed by atoms with van der Waals surface area (Å²) in [5, 5.41) is 3.02. The van der Waals surface area contributed by atoms with Crippen molar-refractivity contribution in [1.82, 2.24) is 15.1 Å². The average Bonchev–Trinajstić information content (AvgIpc) is 2.36. The highest BCUT2D eigenvalue weighted by molar-refractivity contribution is 5.26. The van der Waals surface area contributed by atoms with Crippen LogP contribution in [0.5, 0.6) is 0 Å². The van der Waals surface area contributed by atoms with Crippen molar-refractivity contribution in [2.24, 2.45) is 11.7 Å². The molecule has 0 unspecified atom stereocenters. The van der Waals surface area contributed by atoms with Crippen LogP contribution < -0.4 is 11.1 Å². The van der Waals surface area contributed by atoms with E-state index in [-0.39, 0.29) is 0 Å². The van der Waals surface area contributed by atoms with E-state index in [1.807, 2.05) is 13.2 Å². The maximum absolute atomic E-state index is 6.14. The fourth-order valence-corrected chi connectivity index (χ4v) is 2.73. The Bertz CT molecular complexity index is 312. The van der Waals surface area contributed by atoms with Gasteiger partial charge in [-0.25, -0.2) is 0 Å². The molecule has 0 aromatic rings. The summed E-state index contributed by atoms with van der Waals surface area (Å²) in [4.78, 5) is 4.72. The van der Waals surface area contributed by atoms with Crippen molar-refractivity contribution in [1.29, 1.82) is 0 Å². The van der Waals surface area contributed by atoms with E-state index in [0.29, 0.717) is 0 Å². The van der Waals surface area contributed by atoms with Crippen LogP contribution in [0.3, 0.4) is 0 Å². The average molecular weight is 266 g/mol. The first-order chi connectivity index (χ1) is 9.08. The van der Waals surface area contributed by atoms with Crippen LogP contribution in [0.4, 0.5) is 0 Å². The molecule has 110 valence electrons. The first-order valence-electron chi connectivity index (χ1n) is 7.31. The number of nitrogens with one attached hydrogen (secondary N) is 1. The van der Waals surface area contributed by atoms with Gasteiger partial charge >= 0.3 is 0 Å². The van der Waals surface area contributed by atoms with Gasteiger partial charge in [-0.1, -0.05) is 13.0 Å². The van der Waals surface area contributed by atoms with Crippen LogP contribution in [0, 0.1) is 5.92 Å². The second-order valence-electron chi connectivity index (χ2n) is 5.58. The van der Waals surface area contributed by atoms with E-state index < -0.39 is 0 Å². The van der Waals surface area contributed by atoms with Crippen molar-refractivity contribution in [3.8, 4) is 0 Å². The zero-order valence-corrected chi connectivity index (χ0v) is 12.9. The van der Waals surface area contributed by atoms with Crippen molar-refractivity contribution in [2.45, 2.75) is 26.2 Å². The smallest absolute Gasteiger partial charge is 0.0707 e. The van der Waals surface area contributed by atoms with Gasteiger partial charge in [0.15, 0.2) is 0 Å². The highest BCUT2D eigenvalue weighted by atomic mass is 15.2. The number of hydrogen-bond acceptors (Lipinski definition) is 4. The summed E-state index contributed by atoms with van der Waals surface area (Å²) in [6, 6.07) is 0. The summed E-state index contributed by atoms with van der Waals surface area (Å²) in [6.07, 6.45) is 7.65. The van der Waals surface area contributed by atoms with Crippen molar-refractivity contribution in [3.63, 3.8) is 0 Å². The molecule has 1 saturated heterocycles. The van der Waals surface area contributed by atoms with Crippen LogP contribution in [0.1, 0.15) is 26.2 Å². The summed E-state index contributed by atoms with van der Waals surface area (Å²) in [6.45, 7) is 5.58. The Balaban J connectivity index is 2.60. The SMILES string of the molecule is CC/C=C(\C(N)=C/NC)N1CCC(CN(C)C)CC1. The van der Waals surface area contributed by atoms with Crippen LogP contribution in [0.15, 0.2) is 23.7 Å². The summed E-state index contributed by atoms with van der Waals surface area (Å²) in [7, 11) is 6.20. The van der Waals surface area contributed by atoms with Gasteiger partial charge in [0.25, 0.3) is 0 Å². The second-order valence-corrected chi connectivity index (χ2v) is 5.58. The van der Waals surface area contributed by atoms with Crippen molar-refractivity contribution >= 4 is 0 Å². The van der Waals surface area contributed by atoms with Crippen LogP contribution in [0.2, 0.25) is 0 Å². The number of piperidine rings is 1. The molecule has 19 heavy (non-hydrogen) atoms. The lowest BCUT2D eigenvalue weighted by molar-refractivity contribution is 0.195. The molecule has 0 aliphatic carbocycles. The predicted molar refractivity (Wildman–Crippen MR) is 82.6 cm³/mol. The van der Waals surface area contributed by atoms with Gasteiger partial charge in [0.2, 0.25) is 0 Å². The molecule has 1 heterocycles. The summed E-state index contributed by atoms with van der Waals surface area (Å²) in [5.74, 6) is 0.823. The van der Waals surface area contributed by atoms with E-state index in [0.717, 1.165) is 31.1 Å². The molecule has 4 nitrogen and oxygen atoms in total. The van der Waals surface area contributed by atoms with Gasteiger partial charge < -0.3 is 20.9 Å². The van der Waals surface area contributed by atoms with E-state index in [1.54, 1.807) is 0 Å². The van der Waals surface area contributed by atoms with E-state index in [9.17, 15) is 0 Å². The van der Waals surface area contributed by atoms with E-state index in [1.165, 1.54) is 25.1 Å². The third-order valence-electron chi connectivity index (χ3n) is 3.57. The Morgan fingerprint density at radius 2 is 2.00 bits per heavy atom. The molecule has 0 spiro atoms. The van der Waals surface area contributed by atoms with Gasteiger partial charge in [-0.3, -0.25) is 0 Å². The molecule has 0 saturated carbocycles. The third-order valence-corrected chi connectivity index (χ3v) is 3.57. The molecule has 0 atom stereocenters. The molecule has 0 radical (unpaired) electrons. The Labute approximate surface area is 118 Å². The van der Waals surface area contributed by atoms with Gasteiger partial charge in [-0.15, -0.1) is 0 Å². The Kier molecular flexibility index (Phi) is 6.78. The van der Waals surface area contributed by atoms with Crippen molar-refractivity contribution in [2.75, 3.05) is 40.8 Å². The summed E-state index contributed by atoms with van der Waals surface area (Å²) >= 11 is 0. The second kappa shape index (κ2) is 8.10. The number of nitrogens with zero attached hydrogens (tertiary/aromatic N) is 2. The maximum Gasteiger partial charge on any atom is 0.0707 e. The Morgan fingerprint density at radius 3 is 2.47 bits per heavy atom. The quantitative estimate of drug-likeness (QED) is 0.716. The highest BCUT2D eigenvalue weighted by Gasteiger charge is 2.21. The zero-order chi connectivity index (χ0) is 14.3. The minimum atomic E-state index is 0.823. The molecule has 1 fully saturated rings. The summed E-state index contributed by atoms with van der Waals surface area (Å²) < 4.78 is 0. The lowest BCUT2D eigenvalue weighted by atomic mass is 9.95.